The number of imidazole rings is 1. The molecule has 4 aromatic rings. The molecule has 1 fully saturated rings. The highest BCUT2D eigenvalue weighted by atomic mass is 32.2. The van der Waals surface area contributed by atoms with E-state index in [1.54, 1.807) is 21.5 Å². The van der Waals surface area contributed by atoms with Crippen molar-refractivity contribution in [3.05, 3.63) is 47.7 Å². The van der Waals surface area contributed by atoms with Crippen LogP contribution in [0.4, 0.5) is 11.5 Å². The fraction of sp³-hybridized carbons (Fsp3) is 0.440. The van der Waals surface area contributed by atoms with Gasteiger partial charge in [-0.3, -0.25) is 14.5 Å². The summed E-state index contributed by atoms with van der Waals surface area (Å²) in [7, 11) is -1.55. The monoisotopic (exact) mass is 539 g/mol. The normalized spacial score (nSPS) is 15.0. The van der Waals surface area contributed by atoms with Crippen LogP contribution in [0.25, 0.3) is 16.6 Å². The molecule has 0 aliphatic carbocycles. The number of nitrogens with zero attached hydrogens (tertiary/aromatic N) is 6. The molecule has 0 unspecified atom stereocenters. The van der Waals surface area contributed by atoms with Crippen LogP contribution in [-0.4, -0.2) is 70.4 Å². The fourth-order valence-electron chi connectivity index (χ4n) is 5.04. The maximum absolute atomic E-state index is 13.4. The van der Waals surface area contributed by atoms with Crippen molar-refractivity contribution < 1.29 is 13.2 Å². The molecule has 0 spiro atoms. The Kier molecular flexibility index (Phi) is 7.07. The van der Waals surface area contributed by atoms with E-state index in [1.807, 2.05) is 32.3 Å². The highest BCUT2D eigenvalue weighted by molar-refractivity contribution is 7.88. The van der Waals surface area contributed by atoms with Crippen molar-refractivity contribution in [1.82, 2.24) is 34.2 Å². The first-order valence-electron chi connectivity index (χ1n) is 12.7. The van der Waals surface area contributed by atoms with E-state index >= 15 is 0 Å². The molecule has 3 aromatic heterocycles. The Labute approximate surface area is 221 Å². The molecule has 38 heavy (non-hydrogen) atoms. The van der Waals surface area contributed by atoms with Crippen LogP contribution >= 0.6 is 0 Å². The molecule has 202 valence electrons. The molecule has 1 aliphatic rings. The zero-order valence-electron chi connectivity index (χ0n) is 22.0. The van der Waals surface area contributed by atoms with Crippen molar-refractivity contribution in [3.8, 4) is 0 Å². The minimum atomic E-state index is -3.40. The molecule has 0 atom stereocenters. The van der Waals surface area contributed by atoms with Gasteiger partial charge < -0.3 is 19.9 Å². The number of anilines is 2. The summed E-state index contributed by atoms with van der Waals surface area (Å²) in [6, 6.07) is 4.36. The Bertz CT molecular complexity index is 1600. The Hall–Kier alpha value is -3.55. The number of sulfonamides is 1. The van der Waals surface area contributed by atoms with Gasteiger partial charge in [0.05, 0.1) is 35.9 Å². The predicted octanol–water partition coefficient (Wildman–Crippen LogP) is 1.80. The SMILES string of the molecule is CCNC1CCN(c2ccc(C(=O)Nc3cn4cc(C)nc(CNS(C)(=O)=O)c4n3)c3nn(C)cc23)CC1. The number of nitrogens with one attached hydrogen (secondary N) is 3. The maximum atomic E-state index is 13.4. The van der Waals surface area contributed by atoms with Gasteiger partial charge in [-0.25, -0.2) is 18.1 Å². The molecule has 12 nitrogen and oxygen atoms in total. The second-order valence-electron chi connectivity index (χ2n) is 9.75. The molecular formula is C25H33N9O3S. The topological polar surface area (TPSA) is 139 Å². The summed E-state index contributed by atoms with van der Waals surface area (Å²) in [6.45, 7) is 6.80. The van der Waals surface area contributed by atoms with Crippen LogP contribution in [0.15, 0.2) is 30.7 Å². The lowest BCUT2D eigenvalue weighted by molar-refractivity contribution is 0.102. The number of hydrogen-bond acceptors (Lipinski definition) is 8. The van der Waals surface area contributed by atoms with E-state index in [4.69, 9.17) is 0 Å². The number of hydrogen-bond donors (Lipinski definition) is 3. The molecular weight excluding hydrogens is 506 g/mol. The van der Waals surface area contributed by atoms with E-state index in [0.29, 0.717) is 40.0 Å². The van der Waals surface area contributed by atoms with Crippen molar-refractivity contribution in [1.29, 1.82) is 0 Å². The number of fused-ring (bicyclic) bond motifs is 2. The molecule has 0 radical (unpaired) electrons. The average Bonchev–Trinajstić information content (AvgIpc) is 3.44. The molecule has 4 heterocycles. The van der Waals surface area contributed by atoms with Crippen molar-refractivity contribution >= 4 is 44.0 Å². The first-order valence-corrected chi connectivity index (χ1v) is 14.6. The summed E-state index contributed by atoms with van der Waals surface area (Å²) < 4.78 is 29.1. The molecule has 1 saturated heterocycles. The standard InChI is InChI=1S/C25H33N9O3S/c1-5-26-17-8-10-33(11-9-17)21-7-6-18(23-19(21)14-32(3)31-23)25(35)30-22-15-34-13-16(2)28-20(24(34)29-22)12-27-38(4,36)37/h6-7,13-15,17,26-27H,5,8-12H2,1-4H3,(H,30,35). The van der Waals surface area contributed by atoms with Crippen molar-refractivity contribution in [2.45, 2.75) is 39.3 Å². The van der Waals surface area contributed by atoms with Gasteiger partial charge in [-0.15, -0.1) is 0 Å². The quantitative estimate of drug-likeness (QED) is 0.308. The van der Waals surface area contributed by atoms with Gasteiger partial charge in [0.1, 0.15) is 5.52 Å². The van der Waals surface area contributed by atoms with Crippen molar-refractivity contribution in [3.63, 3.8) is 0 Å². The third kappa shape index (κ3) is 5.49. The number of piperidine rings is 1. The number of aromatic nitrogens is 5. The van der Waals surface area contributed by atoms with E-state index < -0.39 is 10.0 Å². The van der Waals surface area contributed by atoms with Gasteiger partial charge >= 0.3 is 0 Å². The number of carbonyl (C=O) groups excluding carboxylic acids is 1. The summed E-state index contributed by atoms with van der Waals surface area (Å²) in [4.78, 5) is 24.7. The third-order valence-electron chi connectivity index (χ3n) is 6.71. The minimum absolute atomic E-state index is 0.00378. The van der Waals surface area contributed by atoms with Gasteiger partial charge in [-0.1, -0.05) is 6.92 Å². The Balaban J connectivity index is 1.40. The van der Waals surface area contributed by atoms with E-state index in [1.165, 1.54) is 0 Å². The largest absolute Gasteiger partial charge is 0.371 e. The highest BCUT2D eigenvalue weighted by Crippen LogP contribution is 2.31. The van der Waals surface area contributed by atoms with Crippen molar-refractivity contribution in [2.24, 2.45) is 7.05 Å². The summed E-state index contributed by atoms with van der Waals surface area (Å²) in [5.41, 5.74) is 3.79. The first kappa shape index (κ1) is 26.1. The van der Waals surface area contributed by atoms with Crippen LogP contribution in [0, 0.1) is 6.92 Å². The van der Waals surface area contributed by atoms with E-state index in [0.717, 1.165) is 49.8 Å². The third-order valence-corrected chi connectivity index (χ3v) is 7.38. The zero-order chi connectivity index (χ0) is 27.0. The maximum Gasteiger partial charge on any atom is 0.259 e. The number of aryl methyl sites for hydroxylation is 2. The smallest absolute Gasteiger partial charge is 0.259 e. The van der Waals surface area contributed by atoms with Crippen LogP contribution in [0.5, 0.6) is 0 Å². The molecule has 3 N–H and O–H groups in total. The van der Waals surface area contributed by atoms with Gasteiger partial charge in [0.15, 0.2) is 11.5 Å². The Morgan fingerprint density at radius 1 is 1.13 bits per heavy atom. The Morgan fingerprint density at radius 2 is 1.89 bits per heavy atom. The van der Waals surface area contributed by atoms with Gasteiger partial charge in [0.2, 0.25) is 10.0 Å². The second kappa shape index (κ2) is 10.3. The van der Waals surface area contributed by atoms with Crippen molar-refractivity contribution in [2.75, 3.05) is 36.1 Å². The van der Waals surface area contributed by atoms with Crippen LogP contribution in [0.1, 0.15) is 41.5 Å². The van der Waals surface area contributed by atoms with Gasteiger partial charge in [0, 0.05) is 49.6 Å². The summed E-state index contributed by atoms with van der Waals surface area (Å²) in [6.07, 6.45) is 8.64. The molecule has 13 heteroatoms. The molecule has 5 rings (SSSR count). The lowest BCUT2D eigenvalue weighted by Gasteiger charge is -2.34. The van der Waals surface area contributed by atoms with E-state index in [2.05, 4.69) is 42.2 Å². The first-order chi connectivity index (χ1) is 18.1. The van der Waals surface area contributed by atoms with E-state index in [-0.39, 0.29) is 12.5 Å². The minimum Gasteiger partial charge on any atom is -0.371 e. The number of amides is 1. The fourth-order valence-corrected chi connectivity index (χ4v) is 5.44. The van der Waals surface area contributed by atoms with Crippen LogP contribution in [0.2, 0.25) is 0 Å². The van der Waals surface area contributed by atoms with Gasteiger partial charge in [-0.05, 0) is 38.4 Å². The number of carbonyl (C=O) groups is 1. The van der Waals surface area contributed by atoms with Gasteiger partial charge in [0.25, 0.3) is 5.91 Å². The number of rotatable bonds is 8. The molecule has 1 amide bonds. The highest BCUT2D eigenvalue weighted by Gasteiger charge is 2.23. The zero-order valence-corrected chi connectivity index (χ0v) is 22.8. The van der Waals surface area contributed by atoms with Crippen LogP contribution < -0.4 is 20.3 Å². The lowest BCUT2D eigenvalue weighted by Crippen LogP contribution is -2.42. The molecule has 0 bridgehead atoms. The summed E-state index contributed by atoms with van der Waals surface area (Å²) in [5.74, 6) is 0.0108. The number of benzene rings is 1. The summed E-state index contributed by atoms with van der Waals surface area (Å²) in [5, 5.41) is 12.0. The van der Waals surface area contributed by atoms with Crippen LogP contribution in [-0.2, 0) is 23.6 Å². The van der Waals surface area contributed by atoms with E-state index in [9.17, 15) is 13.2 Å². The molecule has 1 aliphatic heterocycles. The predicted molar refractivity (Wildman–Crippen MR) is 147 cm³/mol. The molecule has 0 saturated carbocycles. The van der Waals surface area contributed by atoms with Gasteiger partial charge in [-0.2, -0.15) is 5.10 Å². The van der Waals surface area contributed by atoms with Crippen LogP contribution in [0.3, 0.4) is 0 Å². The second-order valence-corrected chi connectivity index (χ2v) is 11.6. The average molecular weight is 540 g/mol. The Morgan fingerprint density at radius 3 is 2.61 bits per heavy atom. The molecule has 1 aromatic carbocycles. The lowest BCUT2D eigenvalue weighted by atomic mass is 10.0. The summed E-state index contributed by atoms with van der Waals surface area (Å²) >= 11 is 0.